The molecule has 0 aromatic rings. The molecule has 0 radical (unpaired) electrons. The van der Waals surface area contributed by atoms with Gasteiger partial charge in [0.25, 0.3) is 0 Å². The third-order valence-corrected chi connectivity index (χ3v) is 6.26. The molecule has 26 heavy (non-hydrogen) atoms. The zero-order valence-corrected chi connectivity index (χ0v) is 17.2. The van der Waals surface area contributed by atoms with Crippen molar-refractivity contribution in [3.8, 4) is 0 Å². The smallest absolute Gasteiger partial charge is 0.311 e. The van der Waals surface area contributed by atoms with Crippen LogP contribution in [-0.4, -0.2) is 42.4 Å². The molecule has 5 heteroatoms. The maximum absolute atomic E-state index is 12.7. The summed E-state index contributed by atoms with van der Waals surface area (Å²) in [6.45, 7) is 11.3. The maximum Gasteiger partial charge on any atom is 0.311 e. The summed E-state index contributed by atoms with van der Waals surface area (Å²) < 4.78 is 5.88. The molecule has 0 bridgehead atoms. The summed E-state index contributed by atoms with van der Waals surface area (Å²) in [5.41, 5.74) is 1.71. The molecule has 4 nitrogen and oxygen atoms in total. The lowest BCUT2D eigenvalue weighted by Crippen LogP contribution is -2.42. The monoisotopic (exact) mass is 381 g/mol. The van der Waals surface area contributed by atoms with Crippen LogP contribution in [0.2, 0.25) is 0 Å². The van der Waals surface area contributed by atoms with Gasteiger partial charge >= 0.3 is 5.97 Å². The van der Waals surface area contributed by atoms with E-state index in [1.807, 2.05) is 13.0 Å². The fraction of sp³-hybridized carbons (Fsp3) is 0.714. The first-order valence-corrected chi connectivity index (χ1v) is 9.79. The zero-order valence-electron chi connectivity index (χ0n) is 16.4. The molecule has 0 unspecified atom stereocenters. The first-order chi connectivity index (χ1) is 11.9. The molecule has 0 spiro atoms. The number of carbonyl (C=O) groups excluding carboxylic acids is 2. The molecule has 1 saturated heterocycles. The quantitative estimate of drug-likeness (QED) is 0.654. The van der Waals surface area contributed by atoms with E-state index in [0.717, 1.165) is 56.5 Å². The van der Waals surface area contributed by atoms with Gasteiger partial charge < -0.3 is 9.64 Å². The van der Waals surface area contributed by atoms with Gasteiger partial charge in [-0.05, 0) is 57.3 Å². The van der Waals surface area contributed by atoms with Gasteiger partial charge in [-0.15, -0.1) is 12.4 Å². The standard InChI is InChI=1S/C21H31NO3.ClH/c1-5-11-22(12-6-2)13-16-15-7-9-21(4)10-8-17(23)14(3)18(21)19(15)25-20(16)24;/h8,10,15-16,19H,5-7,9,11-13H2,1-4H3;1H/t15-,16-,19-,21-;/m0./s1. The van der Waals surface area contributed by atoms with E-state index in [1.54, 1.807) is 6.08 Å². The Bertz CT molecular complexity index is 621. The third-order valence-electron chi connectivity index (χ3n) is 6.26. The molecule has 1 aliphatic heterocycles. The van der Waals surface area contributed by atoms with Crippen LogP contribution in [0.25, 0.3) is 0 Å². The van der Waals surface area contributed by atoms with E-state index in [4.69, 9.17) is 4.74 Å². The second-order valence-corrected chi connectivity index (χ2v) is 8.12. The average molecular weight is 382 g/mol. The fourth-order valence-electron chi connectivity index (χ4n) is 4.98. The van der Waals surface area contributed by atoms with Crippen molar-refractivity contribution in [3.63, 3.8) is 0 Å². The van der Waals surface area contributed by atoms with Crippen molar-refractivity contribution in [2.45, 2.75) is 59.5 Å². The van der Waals surface area contributed by atoms with Crippen molar-refractivity contribution in [1.29, 1.82) is 0 Å². The lowest BCUT2D eigenvalue weighted by molar-refractivity contribution is -0.144. The minimum Gasteiger partial charge on any atom is -0.457 e. The zero-order chi connectivity index (χ0) is 18.2. The summed E-state index contributed by atoms with van der Waals surface area (Å²) in [6.07, 6.45) is 7.66. The van der Waals surface area contributed by atoms with Crippen LogP contribution in [0, 0.1) is 17.3 Å². The van der Waals surface area contributed by atoms with Crippen LogP contribution >= 0.6 is 12.4 Å². The number of allylic oxidation sites excluding steroid dienone is 3. The van der Waals surface area contributed by atoms with Crippen LogP contribution < -0.4 is 0 Å². The Kier molecular flexibility index (Phi) is 6.73. The van der Waals surface area contributed by atoms with Crippen LogP contribution in [0.5, 0.6) is 0 Å². The highest BCUT2D eigenvalue weighted by atomic mass is 35.5. The number of rotatable bonds is 6. The molecular formula is C21H32ClNO3. The van der Waals surface area contributed by atoms with E-state index in [0.29, 0.717) is 0 Å². The molecule has 3 rings (SSSR count). The van der Waals surface area contributed by atoms with E-state index >= 15 is 0 Å². The normalized spacial score (nSPS) is 33.0. The molecule has 0 amide bonds. The molecule has 146 valence electrons. The van der Waals surface area contributed by atoms with Crippen LogP contribution in [0.4, 0.5) is 0 Å². The molecule has 0 aromatic heterocycles. The molecule has 4 atom stereocenters. The second-order valence-electron chi connectivity index (χ2n) is 8.12. The Morgan fingerprint density at radius 1 is 1.23 bits per heavy atom. The Morgan fingerprint density at radius 3 is 2.50 bits per heavy atom. The third kappa shape index (κ3) is 3.63. The van der Waals surface area contributed by atoms with Crippen LogP contribution in [0.1, 0.15) is 53.4 Å². The van der Waals surface area contributed by atoms with Crippen LogP contribution in [0.15, 0.2) is 23.3 Å². The van der Waals surface area contributed by atoms with Crippen molar-refractivity contribution in [2.24, 2.45) is 17.3 Å². The molecule has 2 fully saturated rings. The van der Waals surface area contributed by atoms with E-state index < -0.39 is 0 Å². The number of halogens is 1. The fourth-order valence-corrected chi connectivity index (χ4v) is 4.98. The highest BCUT2D eigenvalue weighted by Crippen LogP contribution is 2.53. The van der Waals surface area contributed by atoms with Gasteiger partial charge in [-0.25, -0.2) is 0 Å². The predicted octanol–water partition coefficient (Wildman–Crippen LogP) is 3.94. The summed E-state index contributed by atoms with van der Waals surface area (Å²) in [4.78, 5) is 27.3. The summed E-state index contributed by atoms with van der Waals surface area (Å²) in [5.74, 6) is 0.139. The first-order valence-electron chi connectivity index (χ1n) is 9.79. The minimum atomic E-state index is -0.213. The molecule has 0 N–H and O–H groups in total. The molecule has 1 saturated carbocycles. The van der Waals surface area contributed by atoms with Crippen LogP contribution in [0.3, 0.4) is 0 Å². The van der Waals surface area contributed by atoms with Crippen molar-refractivity contribution in [2.75, 3.05) is 19.6 Å². The van der Waals surface area contributed by atoms with Crippen molar-refractivity contribution >= 4 is 24.2 Å². The Balaban J connectivity index is 0.00000243. The Hall–Kier alpha value is -1.13. The van der Waals surface area contributed by atoms with E-state index in [-0.39, 0.29) is 47.5 Å². The van der Waals surface area contributed by atoms with Gasteiger partial charge in [-0.3, -0.25) is 9.59 Å². The topological polar surface area (TPSA) is 46.6 Å². The lowest BCUT2D eigenvalue weighted by Gasteiger charge is -2.43. The minimum absolute atomic E-state index is 0. The van der Waals surface area contributed by atoms with E-state index in [9.17, 15) is 9.59 Å². The summed E-state index contributed by atoms with van der Waals surface area (Å²) in [5, 5.41) is 0. The van der Waals surface area contributed by atoms with Gasteiger partial charge in [0.05, 0.1) is 5.92 Å². The Morgan fingerprint density at radius 2 is 1.88 bits per heavy atom. The first kappa shape index (κ1) is 21.2. The number of fused-ring (bicyclic) bond motifs is 3. The van der Waals surface area contributed by atoms with E-state index in [1.165, 1.54) is 0 Å². The van der Waals surface area contributed by atoms with Gasteiger partial charge in [0.15, 0.2) is 5.78 Å². The highest BCUT2D eigenvalue weighted by Gasteiger charge is 2.54. The SMILES string of the molecule is CCCN(CCC)C[C@@H]1C(=O)O[C@@H]2C3=C(C)C(=O)C=C[C@]3(C)CC[C@@H]12.Cl. The second kappa shape index (κ2) is 8.26. The number of ketones is 1. The molecule has 3 aliphatic rings. The van der Waals surface area contributed by atoms with E-state index in [2.05, 4.69) is 25.7 Å². The summed E-state index contributed by atoms with van der Waals surface area (Å²) >= 11 is 0. The number of hydrogen-bond donors (Lipinski definition) is 0. The van der Waals surface area contributed by atoms with Gasteiger partial charge in [0.2, 0.25) is 0 Å². The largest absolute Gasteiger partial charge is 0.457 e. The number of nitrogens with zero attached hydrogens (tertiary/aromatic N) is 1. The summed E-state index contributed by atoms with van der Waals surface area (Å²) in [7, 11) is 0. The molecular weight excluding hydrogens is 350 g/mol. The molecule has 2 aliphatic carbocycles. The predicted molar refractivity (Wildman–Crippen MR) is 105 cm³/mol. The van der Waals surface area contributed by atoms with Gasteiger partial charge in [0, 0.05) is 23.5 Å². The maximum atomic E-state index is 12.7. The van der Waals surface area contributed by atoms with Gasteiger partial charge in [0.1, 0.15) is 6.10 Å². The Labute approximate surface area is 163 Å². The summed E-state index contributed by atoms with van der Waals surface area (Å²) in [6, 6.07) is 0. The number of ether oxygens (including phenoxy) is 1. The van der Waals surface area contributed by atoms with Crippen LogP contribution in [-0.2, 0) is 14.3 Å². The van der Waals surface area contributed by atoms with Crippen molar-refractivity contribution in [1.82, 2.24) is 4.90 Å². The highest BCUT2D eigenvalue weighted by molar-refractivity contribution is 6.05. The molecule has 0 aromatic carbocycles. The number of esters is 1. The van der Waals surface area contributed by atoms with Gasteiger partial charge in [-0.1, -0.05) is 26.8 Å². The number of hydrogen-bond acceptors (Lipinski definition) is 4. The van der Waals surface area contributed by atoms with Crippen molar-refractivity contribution < 1.29 is 14.3 Å². The average Bonchev–Trinajstić information content (AvgIpc) is 2.87. The van der Waals surface area contributed by atoms with Crippen molar-refractivity contribution in [3.05, 3.63) is 23.3 Å². The molecule has 1 heterocycles. The lowest BCUT2D eigenvalue weighted by atomic mass is 9.61. The van der Waals surface area contributed by atoms with Gasteiger partial charge in [-0.2, -0.15) is 0 Å². The number of carbonyl (C=O) groups is 2.